The summed E-state index contributed by atoms with van der Waals surface area (Å²) in [7, 11) is 0. The van der Waals surface area contributed by atoms with Crippen LogP contribution in [0.15, 0.2) is 36.4 Å². The Hall–Kier alpha value is -2.40. The molecule has 0 spiro atoms. The monoisotopic (exact) mass is 362 g/mol. The SMILES string of the molecule is CC(C)c1ccc(CCC(=O)Nc2cc3c(cc2N)OCO3)cc1.Cl. The number of anilines is 2. The molecule has 0 unspecified atom stereocenters. The van der Waals surface area contributed by atoms with E-state index >= 15 is 0 Å². The van der Waals surface area contributed by atoms with Crippen molar-refractivity contribution in [1.82, 2.24) is 0 Å². The number of halogens is 1. The predicted octanol–water partition coefficient (Wildman–Crippen LogP) is 4.11. The molecule has 0 bridgehead atoms. The van der Waals surface area contributed by atoms with E-state index in [1.807, 2.05) is 0 Å². The zero-order chi connectivity index (χ0) is 17.1. The Balaban J connectivity index is 0.00000225. The first-order valence-electron chi connectivity index (χ1n) is 8.10. The standard InChI is InChI=1S/C19H22N2O3.ClH/c1-12(2)14-6-3-13(4-7-14)5-8-19(22)21-16-10-18-17(9-15(16)20)23-11-24-18;/h3-4,6-7,9-10,12H,5,8,11,20H2,1-2H3,(H,21,22);1H. The van der Waals surface area contributed by atoms with E-state index in [1.54, 1.807) is 12.1 Å². The molecule has 0 aromatic heterocycles. The minimum Gasteiger partial charge on any atom is -0.454 e. The van der Waals surface area contributed by atoms with Crippen LogP contribution in [-0.2, 0) is 11.2 Å². The number of ether oxygens (including phenoxy) is 2. The third kappa shape index (κ3) is 4.57. The van der Waals surface area contributed by atoms with Gasteiger partial charge in [0.2, 0.25) is 12.7 Å². The summed E-state index contributed by atoms with van der Waals surface area (Å²) < 4.78 is 10.6. The predicted molar refractivity (Wildman–Crippen MR) is 102 cm³/mol. The van der Waals surface area contributed by atoms with Crippen LogP contribution >= 0.6 is 12.4 Å². The molecule has 3 rings (SSSR count). The lowest BCUT2D eigenvalue weighted by Gasteiger charge is -2.10. The van der Waals surface area contributed by atoms with Crippen molar-refractivity contribution in [3.63, 3.8) is 0 Å². The van der Waals surface area contributed by atoms with Gasteiger partial charge in [0.15, 0.2) is 11.5 Å². The number of amides is 1. The van der Waals surface area contributed by atoms with Gasteiger partial charge < -0.3 is 20.5 Å². The van der Waals surface area contributed by atoms with Gasteiger partial charge in [-0.3, -0.25) is 4.79 Å². The van der Waals surface area contributed by atoms with Crippen LogP contribution in [0.25, 0.3) is 0 Å². The molecule has 6 heteroatoms. The molecule has 1 aliphatic rings. The van der Waals surface area contributed by atoms with Gasteiger partial charge in [-0.2, -0.15) is 0 Å². The fraction of sp³-hybridized carbons (Fsp3) is 0.316. The summed E-state index contributed by atoms with van der Waals surface area (Å²) in [6.45, 7) is 4.51. The molecule has 0 atom stereocenters. The summed E-state index contributed by atoms with van der Waals surface area (Å²) in [4.78, 5) is 12.2. The second-order valence-electron chi connectivity index (χ2n) is 6.24. The van der Waals surface area contributed by atoms with E-state index in [-0.39, 0.29) is 25.1 Å². The summed E-state index contributed by atoms with van der Waals surface area (Å²) in [5.74, 6) is 1.64. The fourth-order valence-corrected chi connectivity index (χ4v) is 2.61. The second kappa shape index (κ2) is 8.12. The first kappa shape index (κ1) is 18.9. The highest BCUT2D eigenvalue weighted by Gasteiger charge is 2.17. The van der Waals surface area contributed by atoms with Crippen molar-refractivity contribution in [3.05, 3.63) is 47.5 Å². The maximum atomic E-state index is 12.2. The molecule has 3 N–H and O–H groups in total. The van der Waals surface area contributed by atoms with E-state index in [0.29, 0.717) is 41.6 Å². The number of aryl methyl sites for hydroxylation is 1. The average molecular weight is 363 g/mol. The highest BCUT2D eigenvalue weighted by atomic mass is 35.5. The third-order valence-corrected chi connectivity index (χ3v) is 4.11. The molecule has 2 aromatic rings. The molecule has 0 saturated carbocycles. The summed E-state index contributed by atoms with van der Waals surface area (Å²) in [5.41, 5.74) is 9.41. The number of carbonyl (C=O) groups excluding carboxylic acids is 1. The Kier molecular flexibility index (Phi) is 6.15. The van der Waals surface area contributed by atoms with E-state index in [1.165, 1.54) is 5.56 Å². The van der Waals surface area contributed by atoms with Gasteiger partial charge in [0, 0.05) is 18.6 Å². The van der Waals surface area contributed by atoms with Crippen molar-refractivity contribution in [2.24, 2.45) is 0 Å². The molecular weight excluding hydrogens is 340 g/mol. The van der Waals surface area contributed by atoms with Crippen LogP contribution in [0.2, 0.25) is 0 Å². The number of nitrogens with one attached hydrogen (secondary N) is 1. The van der Waals surface area contributed by atoms with E-state index < -0.39 is 0 Å². The zero-order valence-electron chi connectivity index (χ0n) is 14.4. The van der Waals surface area contributed by atoms with Gasteiger partial charge in [-0.15, -0.1) is 12.4 Å². The van der Waals surface area contributed by atoms with Crippen LogP contribution < -0.4 is 20.5 Å². The van der Waals surface area contributed by atoms with Crippen molar-refractivity contribution >= 4 is 29.7 Å². The minimum atomic E-state index is -0.0755. The van der Waals surface area contributed by atoms with Gasteiger partial charge in [-0.25, -0.2) is 0 Å². The minimum absolute atomic E-state index is 0. The molecule has 5 nitrogen and oxygen atoms in total. The number of benzene rings is 2. The molecular formula is C19H23ClN2O3. The summed E-state index contributed by atoms with van der Waals surface area (Å²) in [6, 6.07) is 11.8. The van der Waals surface area contributed by atoms with Gasteiger partial charge in [-0.1, -0.05) is 38.1 Å². The quantitative estimate of drug-likeness (QED) is 0.785. The Morgan fingerprint density at radius 2 is 1.80 bits per heavy atom. The summed E-state index contributed by atoms with van der Waals surface area (Å²) >= 11 is 0. The van der Waals surface area contributed by atoms with E-state index in [0.717, 1.165) is 5.56 Å². The van der Waals surface area contributed by atoms with Crippen molar-refractivity contribution in [1.29, 1.82) is 0 Å². The third-order valence-electron chi connectivity index (χ3n) is 4.11. The first-order chi connectivity index (χ1) is 11.5. The molecule has 1 heterocycles. The van der Waals surface area contributed by atoms with E-state index in [4.69, 9.17) is 15.2 Å². The molecule has 0 radical (unpaired) electrons. The van der Waals surface area contributed by atoms with Gasteiger partial charge in [0.05, 0.1) is 11.4 Å². The maximum absolute atomic E-state index is 12.2. The van der Waals surface area contributed by atoms with Crippen molar-refractivity contribution in [2.45, 2.75) is 32.6 Å². The van der Waals surface area contributed by atoms with Crippen molar-refractivity contribution in [3.8, 4) is 11.5 Å². The second-order valence-corrected chi connectivity index (χ2v) is 6.24. The van der Waals surface area contributed by atoms with Crippen LogP contribution in [-0.4, -0.2) is 12.7 Å². The van der Waals surface area contributed by atoms with Crippen LogP contribution in [0.1, 0.15) is 37.3 Å². The number of fused-ring (bicyclic) bond motifs is 1. The lowest BCUT2D eigenvalue weighted by Crippen LogP contribution is -2.13. The van der Waals surface area contributed by atoms with Crippen molar-refractivity contribution in [2.75, 3.05) is 17.8 Å². The van der Waals surface area contributed by atoms with Crippen LogP contribution in [0.3, 0.4) is 0 Å². The lowest BCUT2D eigenvalue weighted by molar-refractivity contribution is -0.116. The van der Waals surface area contributed by atoms with Gasteiger partial charge in [0.1, 0.15) is 0 Å². The number of rotatable bonds is 5. The van der Waals surface area contributed by atoms with Gasteiger partial charge in [-0.05, 0) is 23.5 Å². The molecule has 1 amide bonds. The number of carbonyl (C=O) groups is 1. The number of nitrogens with two attached hydrogens (primary N) is 1. The number of hydrogen-bond donors (Lipinski definition) is 2. The zero-order valence-corrected chi connectivity index (χ0v) is 15.2. The highest BCUT2D eigenvalue weighted by Crippen LogP contribution is 2.38. The molecule has 0 fully saturated rings. The molecule has 134 valence electrons. The molecule has 0 aliphatic carbocycles. The summed E-state index contributed by atoms with van der Waals surface area (Å²) in [5, 5.41) is 2.84. The number of nitrogen functional groups attached to an aromatic ring is 1. The van der Waals surface area contributed by atoms with E-state index in [2.05, 4.69) is 43.4 Å². The Bertz CT molecular complexity index is 745. The summed E-state index contributed by atoms with van der Waals surface area (Å²) in [6.07, 6.45) is 1.09. The molecule has 25 heavy (non-hydrogen) atoms. The highest BCUT2D eigenvalue weighted by molar-refractivity contribution is 5.94. The largest absolute Gasteiger partial charge is 0.454 e. The average Bonchev–Trinajstić information content (AvgIpc) is 3.00. The Morgan fingerprint density at radius 1 is 1.16 bits per heavy atom. The van der Waals surface area contributed by atoms with Crippen LogP contribution in [0, 0.1) is 0 Å². The van der Waals surface area contributed by atoms with E-state index in [9.17, 15) is 4.79 Å². The Morgan fingerprint density at radius 3 is 2.44 bits per heavy atom. The molecule has 0 saturated heterocycles. The number of hydrogen-bond acceptors (Lipinski definition) is 4. The molecule has 2 aromatic carbocycles. The van der Waals surface area contributed by atoms with Crippen molar-refractivity contribution < 1.29 is 14.3 Å². The topological polar surface area (TPSA) is 73.6 Å². The van der Waals surface area contributed by atoms with Gasteiger partial charge in [0.25, 0.3) is 0 Å². The fourth-order valence-electron chi connectivity index (χ4n) is 2.61. The lowest BCUT2D eigenvalue weighted by atomic mass is 10.0. The maximum Gasteiger partial charge on any atom is 0.231 e. The normalized spacial score (nSPS) is 12.0. The molecule has 1 aliphatic heterocycles. The van der Waals surface area contributed by atoms with Crippen LogP contribution in [0.4, 0.5) is 11.4 Å². The van der Waals surface area contributed by atoms with Gasteiger partial charge >= 0.3 is 0 Å². The first-order valence-corrected chi connectivity index (χ1v) is 8.10. The van der Waals surface area contributed by atoms with Crippen LogP contribution in [0.5, 0.6) is 11.5 Å². The Labute approximate surface area is 153 Å². The smallest absolute Gasteiger partial charge is 0.231 e.